The van der Waals surface area contributed by atoms with Gasteiger partial charge in [-0.1, -0.05) is 44.9 Å². The van der Waals surface area contributed by atoms with E-state index in [-0.39, 0.29) is 17.9 Å². The van der Waals surface area contributed by atoms with Crippen molar-refractivity contribution in [1.82, 2.24) is 5.32 Å². The van der Waals surface area contributed by atoms with Crippen LogP contribution in [-0.4, -0.2) is 36.6 Å². The number of hydrogen-bond donors (Lipinski definition) is 2. The number of unbranched alkanes of at least 4 members (excludes halogenated alkanes) is 1. The Kier molecular flexibility index (Phi) is 8.98. The minimum atomic E-state index is -0.0248. The number of likely N-dealkylation sites (N-methyl/N-ethyl adjacent to an activating group) is 1. The predicted molar refractivity (Wildman–Crippen MR) is 131 cm³/mol. The molecule has 0 aromatic heterocycles. The topological polar surface area (TPSA) is 63.1 Å². The summed E-state index contributed by atoms with van der Waals surface area (Å²) < 4.78 is 12.1. The number of phenols is 1. The van der Waals surface area contributed by atoms with E-state index in [0.717, 1.165) is 42.8 Å². The number of ether oxygens (including phenoxy) is 2. The van der Waals surface area contributed by atoms with Crippen molar-refractivity contribution >= 4 is 6.21 Å². The molecule has 0 radical (unpaired) electrons. The van der Waals surface area contributed by atoms with Gasteiger partial charge in [0.25, 0.3) is 0 Å². The molecule has 5 heteroatoms. The maximum Gasteiger partial charge on any atom is 0.196 e. The van der Waals surface area contributed by atoms with E-state index in [9.17, 15) is 5.11 Å². The Bertz CT molecular complexity index is 828. The van der Waals surface area contributed by atoms with Crippen LogP contribution in [0.2, 0.25) is 0 Å². The summed E-state index contributed by atoms with van der Waals surface area (Å²) in [5.41, 5.74) is 2.10. The smallest absolute Gasteiger partial charge is 0.196 e. The SMILES string of the molecule is CCCCC1[CH-]C=C(CCc2ccc(O)c(OCC(NCC)C3=C[C+](C(C)C)C=N3)c2)O1. The molecule has 0 aliphatic carbocycles. The van der Waals surface area contributed by atoms with E-state index in [0.29, 0.717) is 18.3 Å². The lowest BCUT2D eigenvalue weighted by Gasteiger charge is -2.21. The van der Waals surface area contributed by atoms with Gasteiger partial charge in [-0.15, -0.1) is 4.99 Å². The zero-order valence-electron chi connectivity index (χ0n) is 19.9. The average Bonchev–Trinajstić information content (AvgIpc) is 3.45. The number of phenolic OH excluding ortho intramolecular Hbond substituents is 1. The molecule has 1 aromatic rings. The summed E-state index contributed by atoms with van der Waals surface area (Å²) in [6.07, 6.45) is 13.7. The van der Waals surface area contributed by atoms with Gasteiger partial charge in [0.15, 0.2) is 23.2 Å². The van der Waals surface area contributed by atoms with Crippen LogP contribution in [-0.2, 0) is 11.2 Å². The number of nitrogens with zero attached hydrogens (tertiary/aromatic N) is 1. The molecule has 0 fully saturated rings. The lowest BCUT2D eigenvalue weighted by molar-refractivity contribution is 0.147. The fourth-order valence-corrected chi connectivity index (χ4v) is 3.86. The van der Waals surface area contributed by atoms with Crippen molar-refractivity contribution in [2.24, 2.45) is 10.9 Å². The maximum atomic E-state index is 10.3. The number of hydrogen-bond acceptors (Lipinski definition) is 5. The third-order valence-corrected chi connectivity index (χ3v) is 5.88. The van der Waals surface area contributed by atoms with E-state index in [1.54, 1.807) is 6.07 Å². The Morgan fingerprint density at radius 3 is 2.84 bits per heavy atom. The van der Waals surface area contributed by atoms with Crippen LogP contribution in [0.25, 0.3) is 0 Å². The van der Waals surface area contributed by atoms with Crippen LogP contribution in [0.15, 0.2) is 46.8 Å². The fraction of sp³-hybridized carbons (Fsp3) is 0.519. The molecule has 3 rings (SSSR count). The fourth-order valence-electron chi connectivity index (χ4n) is 3.86. The molecule has 2 N–H and O–H groups in total. The van der Waals surface area contributed by atoms with Crippen LogP contribution in [0.5, 0.6) is 11.5 Å². The largest absolute Gasteiger partial charge is 0.592 e. The van der Waals surface area contributed by atoms with Gasteiger partial charge < -0.3 is 14.6 Å². The molecule has 2 heterocycles. The Hall–Kier alpha value is -2.53. The van der Waals surface area contributed by atoms with Crippen molar-refractivity contribution in [1.29, 1.82) is 0 Å². The molecular weight excluding hydrogens is 400 g/mol. The van der Waals surface area contributed by atoms with E-state index >= 15 is 0 Å². The lowest BCUT2D eigenvalue weighted by atomic mass is 9.97. The van der Waals surface area contributed by atoms with Gasteiger partial charge in [-0.25, -0.2) is 0 Å². The minimum Gasteiger partial charge on any atom is -0.592 e. The average molecular weight is 439 g/mol. The van der Waals surface area contributed by atoms with Crippen molar-refractivity contribution in [2.75, 3.05) is 13.2 Å². The molecular formula is C27H38N2O3. The number of allylic oxidation sites excluding steroid dienone is 2. The van der Waals surface area contributed by atoms with Gasteiger partial charge in [0, 0.05) is 12.0 Å². The van der Waals surface area contributed by atoms with Crippen molar-refractivity contribution < 1.29 is 14.6 Å². The summed E-state index contributed by atoms with van der Waals surface area (Å²) in [6.45, 7) is 9.82. The van der Waals surface area contributed by atoms with E-state index in [1.807, 2.05) is 18.3 Å². The first-order chi connectivity index (χ1) is 15.5. The second-order valence-corrected chi connectivity index (χ2v) is 8.83. The van der Waals surface area contributed by atoms with Crippen LogP contribution < -0.4 is 10.1 Å². The number of benzene rings is 1. The second kappa shape index (κ2) is 11.9. The zero-order chi connectivity index (χ0) is 22.9. The molecule has 1 aromatic carbocycles. The summed E-state index contributed by atoms with van der Waals surface area (Å²) in [6, 6.07) is 5.57. The predicted octanol–water partition coefficient (Wildman–Crippen LogP) is 5.56. The number of aromatic hydroxyl groups is 1. The Labute approximate surface area is 193 Å². The van der Waals surface area contributed by atoms with E-state index in [4.69, 9.17) is 9.47 Å². The molecule has 0 saturated heterocycles. The van der Waals surface area contributed by atoms with E-state index < -0.39 is 0 Å². The van der Waals surface area contributed by atoms with Crippen molar-refractivity contribution in [3.05, 3.63) is 59.7 Å². The second-order valence-electron chi connectivity index (χ2n) is 8.83. The highest BCUT2D eigenvalue weighted by molar-refractivity contribution is 5.83. The Morgan fingerprint density at radius 1 is 1.28 bits per heavy atom. The molecule has 2 atom stereocenters. The zero-order valence-corrected chi connectivity index (χ0v) is 19.9. The standard InChI is InChI=1S/C27H38N2O3/c1-5-7-8-22-12-13-23(32-22)11-9-20-10-14-26(30)27(15-20)31-18-25(28-6-2)24-16-21(17-29-24)19(3)4/h10,12-17,19,22,25,28,30H,5-9,11,18H2,1-4H3. The van der Waals surface area contributed by atoms with Crippen molar-refractivity contribution in [2.45, 2.75) is 71.9 Å². The molecule has 0 saturated carbocycles. The molecule has 0 spiro atoms. The van der Waals surface area contributed by atoms with Crippen LogP contribution in [0, 0.1) is 18.3 Å². The molecule has 32 heavy (non-hydrogen) atoms. The van der Waals surface area contributed by atoms with Crippen LogP contribution >= 0.6 is 0 Å². The van der Waals surface area contributed by atoms with Crippen LogP contribution in [0.4, 0.5) is 0 Å². The monoisotopic (exact) mass is 438 g/mol. The third-order valence-electron chi connectivity index (χ3n) is 5.88. The minimum absolute atomic E-state index is 0.0248. The number of aryl methyl sites for hydroxylation is 1. The van der Waals surface area contributed by atoms with Gasteiger partial charge in [-0.2, -0.15) is 12.5 Å². The van der Waals surface area contributed by atoms with Gasteiger partial charge >= 0.3 is 0 Å². The van der Waals surface area contributed by atoms with E-state index in [1.165, 1.54) is 18.8 Å². The molecule has 5 nitrogen and oxygen atoms in total. The van der Waals surface area contributed by atoms with Crippen molar-refractivity contribution in [3.63, 3.8) is 0 Å². The molecule has 0 bridgehead atoms. The highest BCUT2D eigenvalue weighted by Gasteiger charge is 2.30. The molecule has 2 aliphatic rings. The first-order valence-electron chi connectivity index (χ1n) is 12.0. The van der Waals surface area contributed by atoms with Gasteiger partial charge in [0.1, 0.15) is 24.8 Å². The molecule has 174 valence electrons. The van der Waals surface area contributed by atoms with Crippen LogP contribution in [0.3, 0.4) is 0 Å². The van der Waals surface area contributed by atoms with Crippen LogP contribution in [0.1, 0.15) is 58.9 Å². The first kappa shape index (κ1) is 24.1. The first-order valence-corrected chi connectivity index (χ1v) is 12.0. The highest BCUT2D eigenvalue weighted by Crippen LogP contribution is 2.30. The molecule has 2 aliphatic heterocycles. The quantitative estimate of drug-likeness (QED) is 0.396. The maximum absolute atomic E-state index is 10.3. The van der Waals surface area contributed by atoms with Crippen molar-refractivity contribution in [3.8, 4) is 11.5 Å². The summed E-state index contributed by atoms with van der Waals surface area (Å²) in [4.78, 5) is 4.58. The van der Waals surface area contributed by atoms with Gasteiger partial charge in [0.05, 0.1) is 0 Å². The van der Waals surface area contributed by atoms with Gasteiger partial charge in [0.2, 0.25) is 0 Å². The Balaban J connectivity index is 1.55. The lowest BCUT2D eigenvalue weighted by Crippen LogP contribution is -2.35. The highest BCUT2D eigenvalue weighted by atomic mass is 16.5. The Morgan fingerprint density at radius 2 is 2.12 bits per heavy atom. The molecule has 2 unspecified atom stereocenters. The summed E-state index contributed by atoms with van der Waals surface area (Å²) >= 11 is 0. The number of aliphatic imine (C=N–C) groups is 1. The van der Waals surface area contributed by atoms with Gasteiger partial charge in [-0.3, -0.25) is 5.32 Å². The summed E-state index contributed by atoms with van der Waals surface area (Å²) in [5, 5.41) is 13.8. The molecule has 0 amide bonds. The number of nitrogens with one attached hydrogen (secondary N) is 1. The summed E-state index contributed by atoms with van der Waals surface area (Å²) in [7, 11) is 0. The third kappa shape index (κ3) is 6.73. The summed E-state index contributed by atoms with van der Waals surface area (Å²) in [5.74, 6) is 3.38. The van der Waals surface area contributed by atoms with Gasteiger partial charge in [-0.05, 0) is 50.9 Å². The number of rotatable bonds is 13. The normalized spacial score (nSPS) is 18.4. The van der Waals surface area contributed by atoms with E-state index in [2.05, 4.69) is 56.6 Å².